The lowest BCUT2D eigenvalue weighted by molar-refractivity contribution is -0.161. The molecule has 0 unspecified atom stereocenters. The van der Waals surface area contributed by atoms with Crippen LogP contribution in [0.4, 0.5) is 0 Å². The van der Waals surface area contributed by atoms with E-state index in [1.807, 2.05) is 11.0 Å². The summed E-state index contributed by atoms with van der Waals surface area (Å²) in [4.78, 5) is 19.1. The number of aryl methyl sites for hydroxylation is 1. The van der Waals surface area contributed by atoms with Gasteiger partial charge in [-0.1, -0.05) is 19.1 Å². The number of piperidine rings is 1. The van der Waals surface area contributed by atoms with Crippen LogP contribution in [0.2, 0.25) is 0 Å². The van der Waals surface area contributed by atoms with Gasteiger partial charge in [0.15, 0.2) is 0 Å². The Morgan fingerprint density at radius 3 is 2.62 bits per heavy atom. The zero-order valence-electron chi connectivity index (χ0n) is 14.2. The Balaban J connectivity index is 1.53. The number of carbonyl (C=O) groups excluding carboxylic acids is 1. The van der Waals surface area contributed by atoms with Gasteiger partial charge in [0.05, 0.1) is 11.0 Å². The first-order valence-corrected chi connectivity index (χ1v) is 9.10. The number of hydrogen-bond donors (Lipinski definition) is 1. The lowest BCUT2D eigenvalue weighted by atomic mass is 9.79. The smallest absolute Gasteiger partial charge is 0.254 e. The summed E-state index contributed by atoms with van der Waals surface area (Å²) in [5.74, 6) is 1.07. The van der Waals surface area contributed by atoms with Crippen molar-refractivity contribution in [3.8, 4) is 0 Å². The van der Waals surface area contributed by atoms with Crippen LogP contribution in [0.3, 0.4) is 0 Å². The molecule has 0 radical (unpaired) electrons. The molecule has 0 spiro atoms. The first kappa shape index (κ1) is 15.6. The van der Waals surface area contributed by atoms with E-state index < -0.39 is 5.60 Å². The Morgan fingerprint density at radius 2 is 2.00 bits per heavy atom. The predicted molar refractivity (Wildman–Crippen MR) is 92.8 cm³/mol. The quantitative estimate of drug-likeness (QED) is 0.943. The van der Waals surface area contributed by atoms with Crippen LogP contribution >= 0.6 is 0 Å². The summed E-state index contributed by atoms with van der Waals surface area (Å²) in [6.07, 6.45) is 4.97. The van der Waals surface area contributed by atoms with Crippen LogP contribution in [0.1, 0.15) is 50.9 Å². The van der Waals surface area contributed by atoms with Gasteiger partial charge < -0.3 is 14.6 Å². The molecule has 2 fully saturated rings. The Kier molecular flexibility index (Phi) is 3.83. The molecule has 2 aliphatic rings. The normalized spacial score (nSPS) is 21.0. The summed E-state index contributed by atoms with van der Waals surface area (Å²) in [7, 11) is 0. The third-order valence-electron chi connectivity index (χ3n) is 5.68. The fourth-order valence-electron chi connectivity index (χ4n) is 4.10. The van der Waals surface area contributed by atoms with E-state index in [1.165, 1.54) is 5.52 Å². The molecule has 0 atom stereocenters. The van der Waals surface area contributed by atoms with Crippen molar-refractivity contribution in [2.45, 2.75) is 57.1 Å². The van der Waals surface area contributed by atoms with Gasteiger partial charge in [0.25, 0.3) is 5.91 Å². The zero-order valence-corrected chi connectivity index (χ0v) is 14.2. The number of hydrogen-bond acceptors (Lipinski definition) is 3. The summed E-state index contributed by atoms with van der Waals surface area (Å²) < 4.78 is 2.37. The van der Waals surface area contributed by atoms with Crippen molar-refractivity contribution in [2.24, 2.45) is 0 Å². The minimum absolute atomic E-state index is 0.0570. The monoisotopic (exact) mass is 327 g/mol. The van der Waals surface area contributed by atoms with Gasteiger partial charge in [-0.3, -0.25) is 4.79 Å². The van der Waals surface area contributed by atoms with E-state index in [0.717, 1.165) is 50.1 Å². The minimum Gasteiger partial charge on any atom is -0.380 e. The third-order valence-corrected chi connectivity index (χ3v) is 5.68. The summed E-state index contributed by atoms with van der Waals surface area (Å²) in [6, 6.07) is 8.67. The van der Waals surface area contributed by atoms with E-state index in [9.17, 15) is 9.90 Å². The van der Waals surface area contributed by atoms with Crippen LogP contribution in [0.15, 0.2) is 24.3 Å². The number of fused-ring (bicyclic) bond motifs is 1. The molecule has 2 aromatic rings. The fourth-order valence-corrected chi connectivity index (χ4v) is 4.10. The van der Waals surface area contributed by atoms with Crippen molar-refractivity contribution >= 4 is 16.9 Å². The number of carbonyl (C=O) groups is 1. The third kappa shape index (κ3) is 2.42. The van der Waals surface area contributed by atoms with Crippen LogP contribution in [0.5, 0.6) is 0 Å². The number of aliphatic hydroxyl groups is 1. The summed E-state index contributed by atoms with van der Waals surface area (Å²) in [6.45, 7) is 3.59. The number of benzene rings is 1. The molecule has 1 saturated carbocycles. The Hall–Kier alpha value is -1.88. The van der Waals surface area contributed by atoms with E-state index in [4.69, 9.17) is 4.98 Å². The number of para-hydroxylation sites is 2. The maximum Gasteiger partial charge on any atom is 0.254 e. The molecule has 1 N–H and O–H groups in total. The van der Waals surface area contributed by atoms with Gasteiger partial charge in [-0.25, -0.2) is 4.98 Å². The molecule has 2 heterocycles. The highest BCUT2D eigenvalue weighted by molar-refractivity contribution is 5.86. The second-order valence-corrected chi connectivity index (χ2v) is 7.15. The van der Waals surface area contributed by atoms with Gasteiger partial charge >= 0.3 is 0 Å². The van der Waals surface area contributed by atoms with Gasteiger partial charge in [-0.15, -0.1) is 0 Å². The minimum atomic E-state index is -1.07. The molecule has 1 amide bonds. The molecule has 1 saturated heterocycles. The number of aromatic nitrogens is 2. The van der Waals surface area contributed by atoms with Crippen molar-refractivity contribution in [2.75, 3.05) is 13.1 Å². The van der Waals surface area contributed by atoms with Gasteiger partial charge in [0.2, 0.25) is 0 Å². The number of nitrogens with zero attached hydrogens (tertiary/aromatic N) is 3. The van der Waals surface area contributed by atoms with Gasteiger partial charge in [0.1, 0.15) is 11.4 Å². The topological polar surface area (TPSA) is 58.4 Å². The highest BCUT2D eigenvalue weighted by atomic mass is 16.3. The maximum atomic E-state index is 12.5. The summed E-state index contributed by atoms with van der Waals surface area (Å²) in [5, 5.41) is 10.3. The Bertz CT molecular complexity index is 755. The van der Waals surface area contributed by atoms with Crippen molar-refractivity contribution < 1.29 is 9.90 Å². The molecule has 128 valence electrons. The van der Waals surface area contributed by atoms with E-state index in [1.54, 1.807) is 0 Å². The molecule has 4 rings (SSSR count). The van der Waals surface area contributed by atoms with Gasteiger partial charge in [0, 0.05) is 25.6 Å². The highest BCUT2D eigenvalue weighted by Gasteiger charge is 2.45. The first-order valence-electron chi connectivity index (χ1n) is 9.10. The number of imidazole rings is 1. The average Bonchev–Trinajstić information content (AvgIpc) is 2.97. The number of likely N-dealkylation sites (tertiary alicyclic amines) is 1. The molecule has 1 aliphatic carbocycles. The average molecular weight is 327 g/mol. The fraction of sp³-hybridized carbons (Fsp3) is 0.579. The van der Waals surface area contributed by atoms with E-state index in [2.05, 4.69) is 29.7 Å². The van der Waals surface area contributed by atoms with Crippen LogP contribution in [-0.4, -0.2) is 44.2 Å². The SMILES string of the molecule is CCc1nc2ccccc2n1C1CCN(C(=O)C2(O)CCC2)CC1. The molecular weight excluding hydrogens is 302 g/mol. The van der Waals surface area contributed by atoms with Crippen molar-refractivity contribution in [3.63, 3.8) is 0 Å². The van der Waals surface area contributed by atoms with Crippen molar-refractivity contribution in [1.29, 1.82) is 0 Å². The van der Waals surface area contributed by atoms with E-state index >= 15 is 0 Å². The van der Waals surface area contributed by atoms with Crippen molar-refractivity contribution in [1.82, 2.24) is 14.5 Å². The van der Waals surface area contributed by atoms with E-state index in [-0.39, 0.29) is 5.91 Å². The maximum absolute atomic E-state index is 12.5. The van der Waals surface area contributed by atoms with Crippen LogP contribution in [-0.2, 0) is 11.2 Å². The largest absolute Gasteiger partial charge is 0.380 e. The van der Waals surface area contributed by atoms with Crippen molar-refractivity contribution in [3.05, 3.63) is 30.1 Å². The Morgan fingerprint density at radius 1 is 1.29 bits per heavy atom. The number of rotatable bonds is 3. The van der Waals surface area contributed by atoms with Crippen LogP contribution in [0.25, 0.3) is 11.0 Å². The number of amides is 1. The van der Waals surface area contributed by atoms with Crippen LogP contribution < -0.4 is 0 Å². The molecule has 5 heteroatoms. The molecule has 24 heavy (non-hydrogen) atoms. The van der Waals surface area contributed by atoms with Gasteiger partial charge in [-0.2, -0.15) is 0 Å². The first-order chi connectivity index (χ1) is 11.6. The zero-order chi connectivity index (χ0) is 16.7. The molecule has 1 aliphatic heterocycles. The predicted octanol–water partition coefficient (Wildman–Crippen LogP) is 2.68. The Labute approximate surface area is 142 Å². The molecule has 5 nitrogen and oxygen atoms in total. The lowest BCUT2D eigenvalue weighted by Crippen LogP contribution is -2.55. The summed E-state index contributed by atoms with van der Waals surface area (Å²) >= 11 is 0. The molecule has 1 aromatic carbocycles. The van der Waals surface area contributed by atoms with Gasteiger partial charge in [-0.05, 0) is 44.2 Å². The summed E-state index contributed by atoms with van der Waals surface area (Å²) in [5.41, 5.74) is 1.18. The molecular formula is C19H25N3O2. The molecule has 0 bridgehead atoms. The second-order valence-electron chi connectivity index (χ2n) is 7.15. The lowest BCUT2D eigenvalue weighted by Gasteiger charge is -2.42. The van der Waals surface area contributed by atoms with Crippen LogP contribution in [0, 0.1) is 0 Å². The molecule has 1 aromatic heterocycles. The second kappa shape index (κ2) is 5.88. The highest BCUT2D eigenvalue weighted by Crippen LogP contribution is 2.35. The standard InChI is InChI=1S/C19H25N3O2/c1-2-17-20-15-6-3-4-7-16(15)22(17)14-8-12-21(13-9-14)18(23)19(24)10-5-11-19/h3-4,6-7,14,24H,2,5,8-13H2,1H3. The van der Waals surface area contributed by atoms with E-state index in [0.29, 0.717) is 18.9 Å².